The normalized spacial score (nSPS) is 19.6. The maximum atomic E-state index is 12.6. The lowest BCUT2D eigenvalue weighted by atomic mass is 10.2. The first-order valence-corrected chi connectivity index (χ1v) is 9.24. The monoisotopic (exact) mass is 339 g/mol. The van der Waals surface area contributed by atoms with E-state index < -0.39 is 10.0 Å². The van der Waals surface area contributed by atoms with Gasteiger partial charge in [0.05, 0.1) is 4.90 Å². The molecule has 1 aliphatic heterocycles. The molecule has 1 aromatic carbocycles. The number of hydrogen-bond acceptors (Lipinski definition) is 6. The molecule has 22 heavy (non-hydrogen) atoms. The molecule has 0 amide bonds. The number of tetrazole rings is 1. The van der Waals surface area contributed by atoms with E-state index in [0.717, 1.165) is 12.0 Å². The quantitative estimate of drug-likeness (QED) is 0.829. The van der Waals surface area contributed by atoms with Crippen molar-refractivity contribution in [3.63, 3.8) is 0 Å². The van der Waals surface area contributed by atoms with E-state index in [1.165, 1.54) is 11.8 Å². The molecule has 0 N–H and O–H groups in total. The zero-order valence-corrected chi connectivity index (χ0v) is 14.0. The van der Waals surface area contributed by atoms with Gasteiger partial charge in [0.2, 0.25) is 15.2 Å². The summed E-state index contributed by atoms with van der Waals surface area (Å²) in [5.41, 5.74) is 1.04. The molecule has 1 fully saturated rings. The standard InChI is InChI=1S/C13H17N5O2S2/c1-10-3-5-12(6-4-10)22(19,20)18-8-7-11(9-18)21-13-14-15-16-17(13)2/h3-6,11H,7-9H2,1-2H3/t11-/m0/s1. The highest BCUT2D eigenvalue weighted by Gasteiger charge is 2.33. The van der Waals surface area contributed by atoms with Gasteiger partial charge in [0, 0.05) is 25.4 Å². The van der Waals surface area contributed by atoms with E-state index in [2.05, 4.69) is 15.5 Å². The molecule has 3 rings (SSSR count). The highest BCUT2D eigenvalue weighted by Crippen LogP contribution is 2.30. The van der Waals surface area contributed by atoms with Crippen molar-refractivity contribution < 1.29 is 8.42 Å². The molecule has 2 heterocycles. The molecule has 1 saturated heterocycles. The van der Waals surface area contributed by atoms with E-state index in [-0.39, 0.29) is 5.25 Å². The maximum Gasteiger partial charge on any atom is 0.243 e. The van der Waals surface area contributed by atoms with Gasteiger partial charge in [-0.1, -0.05) is 29.5 Å². The molecule has 1 atom stereocenters. The summed E-state index contributed by atoms with van der Waals surface area (Å²) >= 11 is 1.52. The Labute approximate surface area is 133 Å². The van der Waals surface area contributed by atoms with Gasteiger partial charge in [-0.25, -0.2) is 13.1 Å². The molecule has 0 unspecified atom stereocenters. The van der Waals surface area contributed by atoms with E-state index in [0.29, 0.717) is 23.1 Å². The lowest BCUT2D eigenvalue weighted by Crippen LogP contribution is -2.29. The van der Waals surface area contributed by atoms with Crippen molar-refractivity contribution in [1.29, 1.82) is 0 Å². The number of thioether (sulfide) groups is 1. The van der Waals surface area contributed by atoms with Gasteiger partial charge in [0.25, 0.3) is 0 Å². The zero-order chi connectivity index (χ0) is 15.7. The van der Waals surface area contributed by atoms with Gasteiger partial charge in [0.15, 0.2) is 0 Å². The molecule has 1 aromatic heterocycles. The second-order valence-corrected chi connectivity index (χ2v) is 8.50. The largest absolute Gasteiger partial charge is 0.243 e. The molecule has 0 spiro atoms. The SMILES string of the molecule is Cc1ccc(S(=O)(=O)N2CC[C@H](Sc3nnnn3C)C2)cc1. The van der Waals surface area contributed by atoms with Crippen molar-refractivity contribution in [3.8, 4) is 0 Å². The Hall–Kier alpha value is -1.45. The summed E-state index contributed by atoms with van der Waals surface area (Å²) in [6.07, 6.45) is 0.794. The number of nitrogens with zero attached hydrogens (tertiary/aromatic N) is 5. The molecular weight excluding hydrogens is 322 g/mol. The summed E-state index contributed by atoms with van der Waals surface area (Å²) in [5.74, 6) is 0. The lowest BCUT2D eigenvalue weighted by molar-refractivity contribution is 0.478. The topological polar surface area (TPSA) is 81.0 Å². The third-order valence-electron chi connectivity index (χ3n) is 3.62. The fraction of sp³-hybridized carbons (Fsp3) is 0.462. The lowest BCUT2D eigenvalue weighted by Gasteiger charge is -2.16. The number of benzene rings is 1. The molecule has 0 saturated carbocycles. The molecule has 0 radical (unpaired) electrons. The van der Waals surface area contributed by atoms with Crippen LogP contribution in [0.5, 0.6) is 0 Å². The zero-order valence-electron chi connectivity index (χ0n) is 12.4. The molecule has 1 aliphatic rings. The van der Waals surface area contributed by atoms with Crippen LogP contribution in [0.15, 0.2) is 34.3 Å². The highest BCUT2D eigenvalue weighted by molar-refractivity contribution is 7.99. The van der Waals surface area contributed by atoms with Crippen molar-refractivity contribution in [2.45, 2.75) is 28.6 Å². The van der Waals surface area contributed by atoms with Gasteiger partial charge in [-0.05, 0) is 35.9 Å². The number of sulfonamides is 1. The van der Waals surface area contributed by atoms with E-state index in [1.807, 2.05) is 19.1 Å². The fourth-order valence-electron chi connectivity index (χ4n) is 2.34. The Kier molecular flexibility index (Phi) is 4.20. The van der Waals surface area contributed by atoms with Gasteiger partial charge in [0.1, 0.15) is 0 Å². The van der Waals surface area contributed by atoms with Crippen molar-refractivity contribution >= 4 is 21.8 Å². The molecule has 0 bridgehead atoms. The van der Waals surface area contributed by atoms with Crippen LogP contribution < -0.4 is 0 Å². The van der Waals surface area contributed by atoms with Crippen molar-refractivity contribution in [2.75, 3.05) is 13.1 Å². The number of rotatable bonds is 4. The van der Waals surface area contributed by atoms with Crippen LogP contribution in [0.4, 0.5) is 0 Å². The summed E-state index contributed by atoms with van der Waals surface area (Å²) < 4.78 is 28.4. The minimum atomic E-state index is -3.42. The minimum Gasteiger partial charge on any atom is -0.224 e. The second kappa shape index (κ2) is 5.98. The first-order chi connectivity index (χ1) is 10.5. The Morgan fingerprint density at radius 3 is 2.64 bits per heavy atom. The summed E-state index contributed by atoms with van der Waals surface area (Å²) in [7, 11) is -1.64. The third-order valence-corrected chi connectivity index (χ3v) is 6.77. The van der Waals surface area contributed by atoms with Crippen LogP contribution in [0.3, 0.4) is 0 Å². The summed E-state index contributed by atoms with van der Waals surface area (Å²) in [6.45, 7) is 2.95. The Morgan fingerprint density at radius 1 is 1.27 bits per heavy atom. The number of aromatic nitrogens is 4. The van der Waals surface area contributed by atoms with Crippen LogP contribution in [0.1, 0.15) is 12.0 Å². The predicted octanol–water partition coefficient (Wildman–Crippen LogP) is 1.07. The van der Waals surface area contributed by atoms with Gasteiger partial charge in [-0.15, -0.1) is 5.10 Å². The molecule has 7 nitrogen and oxygen atoms in total. The van der Waals surface area contributed by atoms with Crippen LogP contribution >= 0.6 is 11.8 Å². The summed E-state index contributed by atoms with van der Waals surface area (Å²) in [5, 5.41) is 12.2. The molecule has 118 valence electrons. The number of aryl methyl sites for hydroxylation is 2. The van der Waals surface area contributed by atoms with Crippen molar-refractivity contribution in [2.24, 2.45) is 7.05 Å². The van der Waals surface area contributed by atoms with Crippen LogP contribution in [0, 0.1) is 6.92 Å². The van der Waals surface area contributed by atoms with E-state index in [1.54, 1.807) is 28.2 Å². The van der Waals surface area contributed by atoms with Crippen LogP contribution in [0.25, 0.3) is 0 Å². The molecule has 2 aromatic rings. The summed E-state index contributed by atoms with van der Waals surface area (Å²) in [6, 6.07) is 6.97. The summed E-state index contributed by atoms with van der Waals surface area (Å²) in [4.78, 5) is 0.351. The fourth-order valence-corrected chi connectivity index (χ4v) is 4.98. The first-order valence-electron chi connectivity index (χ1n) is 6.92. The van der Waals surface area contributed by atoms with Gasteiger partial charge in [-0.2, -0.15) is 4.31 Å². The van der Waals surface area contributed by atoms with E-state index in [4.69, 9.17) is 0 Å². The predicted molar refractivity (Wildman–Crippen MR) is 83.0 cm³/mol. The van der Waals surface area contributed by atoms with Crippen LogP contribution in [-0.2, 0) is 17.1 Å². The van der Waals surface area contributed by atoms with E-state index in [9.17, 15) is 8.42 Å². The van der Waals surface area contributed by atoms with Gasteiger partial charge >= 0.3 is 0 Å². The Bertz CT molecular complexity index is 757. The Balaban J connectivity index is 1.71. The average molecular weight is 339 g/mol. The van der Waals surface area contributed by atoms with Crippen LogP contribution in [-0.4, -0.2) is 51.3 Å². The molecule has 9 heteroatoms. The second-order valence-electron chi connectivity index (χ2n) is 5.29. The van der Waals surface area contributed by atoms with Gasteiger partial charge in [-0.3, -0.25) is 0 Å². The maximum absolute atomic E-state index is 12.6. The van der Waals surface area contributed by atoms with Gasteiger partial charge < -0.3 is 0 Å². The third kappa shape index (κ3) is 3.01. The Morgan fingerprint density at radius 2 is 2.00 bits per heavy atom. The van der Waals surface area contributed by atoms with E-state index >= 15 is 0 Å². The van der Waals surface area contributed by atoms with Crippen molar-refractivity contribution in [3.05, 3.63) is 29.8 Å². The average Bonchev–Trinajstić information content (AvgIpc) is 3.10. The smallest absolute Gasteiger partial charge is 0.224 e. The molecular formula is C13H17N5O2S2. The first kappa shape index (κ1) is 15.4. The van der Waals surface area contributed by atoms with Crippen molar-refractivity contribution in [1.82, 2.24) is 24.5 Å². The molecule has 0 aliphatic carbocycles. The minimum absolute atomic E-state index is 0.171. The van der Waals surface area contributed by atoms with Crippen LogP contribution in [0.2, 0.25) is 0 Å². The number of hydrogen-bond donors (Lipinski definition) is 0. The highest BCUT2D eigenvalue weighted by atomic mass is 32.2.